The monoisotopic (exact) mass is 251 g/mol. The van der Waals surface area contributed by atoms with Crippen LogP contribution < -0.4 is 20.1 Å². The Bertz CT molecular complexity index is 411. The van der Waals surface area contributed by atoms with Gasteiger partial charge in [-0.05, 0) is 13.8 Å². The molecule has 7 heteroatoms. The van der Waals surface area contributed by atoms with Gasteiger partial charge in [0.25, 0.3) is 0 Å². The molecule has 98 valence electrons. The molecular weight excluding hydrogens is 234 g/mol. The molecule has 7 nitrogen and oxygen atoms in total. The van der Waals surface area contributed by atoms with Gasteiger partial charge in [-0.25, -0.2) is 0 Å². The third-order valence-electron chi connectivity index (χ3n) is 2.26. The zero-order valence-electron chi connectivity index (χ0n) is 10.6. The Morgan fingerprint density at radius 2 is 1.89 bits per heavy atom. The number of hydrogen-bond acceptors (Lipinski definition) is 7. The second-order valence-corrected chi connectivity index (χ2v) is 3.51. The molecule has 1 aliphatic rings. The molecule has 2 heterocycles. The highest BCUT2D eigenvalue weighted by atomic mass is 16.5. The van der Waals surface area contributed by atoms with Gasteiger partial charge in [0.05, 0.1) is 19.8 Å². The highest BCUT2D eigenvalue weighted by Gasteiger charge is 2.16. The summed E-state index contributed by atoms with van der Waals surface area (Å²) in [5.41, 5.74) is 0.606. The van der Waals surface area contributed by atoms with E-state index in [-0.39, 0.29) is 0 Å². The first-order chi connectivity index (χ1) is 8.85. The van der Waals surface area contributed by atoms with Crippen LogP contribution in [0.1, 0.15) is 13.8 Å². The van der Waals surface area contributed by atoms with Crippen LogP contribution in [0.3, 0.4) is 0 Å². The zero-order chi connectivity index (χ0) is 12.8. The van der Waals surface area contributed by atoms with E-state index in [2.05, 4.69) is 25.6 Å². The molecule has 1 aliphatic heterocycles. The first-order valence-corrected chi connectivity index (χ1v) is 6.01. The van der Waals surface area contributed by atoms with Gasteiger partial charge in [0.1, 0.15) is 6.33 Å². The first-order valence-electron chi connectivity index (χ1n) is 6.01. The van der Waals surface area contributed by atoms with E-state index in [0.29, 0.717) is 36.6 Å². The summed E-state index contributed by atoms with van der Waals surface area (Å²) in [6.45, 7) is 6.43. The lowest BCUT2D eigenvalue weighted by atomic mass is 10.4. The van der Waals surface area contributed by atoms with Gasteiger partial charge in [0.15, 0.2) is 11.6 Å². The van der Waals surface area contributed by atoms with Crippen LogP contribution >= 0.6 is 0 Å². The second kappa shape index (κ2) is 6.04. The second-order valence-electron chi connectivity index (χ2n) is 3.51. The van der Waals surface area contributed by atoms with Crippen molar-refractivity contribution < 1.29 is 9.47 Å². The Hall–Kier alpha value is -2.05. The SMILES string of the molecule is CCOc1ncnc(OCC)c1NC1=NCCN1. The maximum absolute atomic E-state index is 5.46. The van der Waals surface area contributed by atoms with E-state index < -0.39 is 0 Å². The van der Waals surface area contributed by atoms with E-state index in [1.165, 1.54) is 6.33 Å². The van der Waals surface area contributed by atoms with Gasteiger partial charge in [0.2, 0.25) is 11.8 Å². The lowest BCUT2D eigenvalue weighted by molar-refractivity contribution is 0.309. The molecule has 0 aromatic carbocycles. The molecule has 18 heavy (non-hydrogen) atoms. The molecule has 1 aromatic heterocycles. The van der Waals surface area contributed by atoms with Crippen molar-refractivity contribution in [2.75, 3.05) is 31.6 Å². The van der Waals surface area contributed by atoms with Crippen molar-refractivity contribution in [3.8, 4) is 11.8 Å². The average molecular weight is 251 g/mol. The van der Waals surface area contributed by atoms with Crippen LogP contribution in [0.5, 0.6) is 11.8 Å². The molecule has 0 radical (unpaired) electrons. The van der Waals surface area contributed by atoms with Gasteiger partial charge in [-0.3, -0.25) is 4.99 Å². The Labute approximate surface area is 106 Å². The van der Waals surface area contributed by atoms with Crippen molar-refractivity contribution in [3.05, 3.63) is 6.33 Å². The van der Waals surface area contributed by atoms with Crippen molar-refractivity contribution in [3.63, 3.8) is 0 Å². The molecule has 0 spiro atoms. The van der Waals surface area contributed by atoms with Crippen molar-refractivity contribution in [1.29, 1.82) is 0 Å². The summed E-state index contributed by atoms with van der Waals surface area (Å²) < 4.78 is 10.9. The molecule has 0 bridgehead atoms. The maximum atomic E-state index is 5.46. The fourth-order valence-electron chi connectivity index (χ4n) is 1.55. The van der Waals surface area contributed by atoms with Gasteiger partial charge in [-0.15, -0.1) is 0 Å². The van der Waals surface area contributed by atoms with E-state index in [1.54, 1.807) is 0 Å². The number of rotatable bonds is 5. The summed E-state index contributed by atoms with van der Waals surface area (Å²) in [5.74, 6) is 1.62. The molecule has 0 saturated carbocycles. The van der Waals surface area contributed by atoms with Crippen LogP contribution in [-0.2, 0) is 0 Å². The van der Waals surface area contributed by atoms with Crippen LogP contribution in [-0.4, -0.2) is 42.2 Å². The molecule has 0 atom stereocenters. The minimum Gasteiger partial charge on any atom is -0.476 e. The summed E-state index contributed by atoms with van der Waals surface area (Å²) in [4.78, 5) is 12.5. The Morgan fingerprint density at radius 1 is 1.22 bits per heavy atom. The molecule has 2 rings (SSSR count). The highest BCUT2D eigenvalue weighted by molar-refractivity contribution is 5.96. The highest BCUT2D eigenvalue weighted by Crippen LogP contribution is 2.30. The first kappa shape index (κ1) is 12.4. The standard InChI is InChI=1S/C11H17N5O2/c1-3-17-9-8(16-11-12-5-6-13-11)10(18-4-2)15-7-14-9/h7H,3-6H2,1-2H3,(H2,12,13,16). The molecule has 0 fully saturated rings. The summed E-state index contributed by atoms with van der Waals surface area (Å²) in [5, 5.41) is 6.23. The Balaban J connectivity index is 2.26. The zero-order valence-corrected chi connectivity index (χ0v) is 10.6. The molecular formula is C11H17N5O2. The predicted molar refractivity (Wildman–Crippen MR) is 68.3 cm³/mol. The average Bonchev–Trinajstić information content (AvgIpc) is 2.87. The number of ether oxygens (including phenoxy) is 2. The van der Waals surface area contributed by atoms with Gasteiger partial charge in [-0.1, -0.05) is 0 Å². The number of hydrogen-bond donors (Lipinski definition) is 2. The third-order valence-corrected chi connectivity index (χ3v) is 2.26. The number of aliphatic imine (C=N–C) groups is 1. The molecule has 2 N–H and O–H groups in total. The third kappa shape index (κ3) is 2.79. The van der Waals surface area contributed by atoms with Gasteiger partial charge in [-0.2, -0.15) is 9.97 Å². The lowest BCUT2D eigenvalue weighted by Crippen LogP contribution is -2.27. The molecule has 0 unspecified atom stereocenters. The normalized spacial score (nSPS) is 13.8. The van der Waals surface area contributed by atoms with E-state index >= 15 is 0 Å². The largest absolute Gasteiger partial charge is 0.476 e. The lowest BCUT2D eigenvalue weighted by Gasteiger charge is -2.14. The smallest absolute Gasteiger partial charge is 0.245 e. The van der Waals surface area contributed by atoms with Crippen LogP contribution in [0, 0.1) is 0 Å². The topological polar surface area (TPSA) is 80.7 Å². The minimum atomic E-state index is 0.465. The molecule has 0 amide bonds. The van der Waals surface area contributed by atoms with Crippen LogP contribution in [0.4, 0.5) is 5.69 Å². The van der Waals surface area contributed by atoms with Gasteiger partial charge < -0.3 is 20.1 Å². The van der Waals surface area contributed by atoms with Crippen LogP contribution in [0.25, 0.3) is 0 Å². The van der Waals surface area contributed by atoms with E-state index in [9.17, 15) is 0 Å². The van der Waals surface area contributed by atoms with E-state index in [1.807, 2.05) is 13.8 Å². The number of anilines is 1. The number of nitrogens with one attached hydrogen (secondary N) is 2. The van der Waals surface area contributed by atoms with Crippen molar-refractivity contribution in [2.24, 2.45) is 4.99 Å². The molecule has 0 aliphatic carbocycles. The Morgan fingerprint density at radius 3 is 2.39 bits per heavy atom. The molecule has 0 saturated heterocycles. The van der Waals surface area contributed by atoms with Gasteiger partial charge in [0, 0.05) is 6.54 Å². The summed E-state index contributed by atoms with van der Waals surface area (Å²) in [7, 11) is 0. The predicted octanol–water partition coefficient (Wildman–Crippen LogP) is 0.645. The number of aromatic nitrogens is 2. The van der Waals surface area contributed by atoms with Crippen LogP contribution in [0.15, 0.2) is 11.3 Å². The van der Waals surface area contributed by atoms with Crippen molar-refractivity contribution >= 4 is 11.6 Å². The van der Waals surface area contributed by atoms with E-state index in [4.69, 9.17) is 9.47 Å². The van der Waals surface area contributed by atoms with Crippen molar-refractivity contribution in [2.45, 2.75) is 13.8 Å². The fourth-order valence-corrected chi connectivity index (χ4v) is 1.55. The van der Waals surface area contributed by atoms with Crippen molar-refractivity contribution in [1.82, 2.24) is 15.3 Å². The van der Waals surface area contributed by atoms with E-state index in [0.717, 1.165) is 13.1 Å². The minimum absolute atomic E-state index is 0.465. The maximum Gasteiger partial charge on any atom is 0.245 e. The Kier molecular flexibility index (Phi) is 4.16. The summed E-state index contributed by atoms with van der Waals surface area (Å²) >= 11 is 0. The number of guanidine groups is 1. The summed E-state index contributed by atoms with van der Waals surface area (Å²) in [6, 6.07) is 0. The number of nitrogens with zero attached hydrogens (tertiary/aromatic N) is 3. The quantitative estimate of drug-likeness (QED) is 0.799. The fraction of sp³-hybridized carbons (Fsp3) is 0.545. The molecule has 1 aromatic rings. The van der Waals surface area contributed by atoms with Gasteiger partial charge >= 0.3 is 0 Å². The van der Waals surface area contributed by atoms with Crippen LogP contribution in [0.2, 0.25) is 0 Å². The summed E-state index contributed by atoms with van der Waals surface area (Å²) in [6.07, 6.45) is 1.42.